The van der Waals surface area contributed by atoms with E-state index in [2.05, 4.69) is 20.3 Å². The van der Waals surface area contributed by atoms with E-state index in [9.17, 15) is 12.8 Å². The zero-order chi connectivity index (χ0) is 14.8. The maximum Gasteiger partial charge on any atom is 0.282 e. The fraction of sp³-hybridized carbons (Fsp3) is 0.0714. The Kier molecular flexibility index (Phi) is 4.35. The highest BCUT2D eigenvalue weighted by atomic mass is 79.9. The highest BCUT2D eigenvalue weighted by Crippen LogP contribution is 2.18. The van der Waals surface area contributed by atoms with Gasteiger partial charge in [-0.15, -0.1) is 0 Å². The van der Waals surface area contributed by atoms with Gasteiger partial charge in [0.1, 0.15) is 5.82 Å². The van der Waals surface area contributed by atoms with Crippen molar-refractivity contribution in [2.24, 2.45) is 4.40 Å². The van der Waals surface area contributed by atoms with Gasteiger partial charge in [-0.3, -0.25) is 0 Å². The first-order chi connectivity index (χ1) is 9.38. The molecule has 0 aromatic heterocycles. The minimum atomic E-state index is -3.78. The van der Waals surface area contributed by atoms with Crippen molar-refractivity contribution in [2.45, 2.75) is 11.8 Å². The molecule has 20 heavy (non-hydrogen) atoms. The van der Waals surface area contributed by atoms with Crippen LogP contribution in [0.5, 0.6) is 0 Å². The molecule has 0 spiro atoms. The lowest BCUT2D eigenvalue weighted by atomic mass is 10.2. The van der Waals surface area contributed by atoms with E-state index in [0.29, 0.717) is 10.0 Å². The summed E-state index contributed by atoms with van der Waals surface area (Å²) in [5, 5.41) is 0. The zero-order valence-corrected chi connectivity index (χ0v) is 12.9. The first-order valence-electron chi connectivity index (χ1n) is 5.70. The van der Waals surface area contributed by atoms with Crippen LogP contribution in [0.4, 0.5) is 4.39 Å². The van der Waals surface area contributed by atoms with E-state index in [1.54, 1.807) is 12.1 Å². The summed E-state index contributed by atoms with van der Waals surface area (Å²) in [4.78, 5) is 0.104. The number of hydrogen-bond acceptors (Lipinski definition) is 2. The Balaban J connectivity index is 2.34. The Labute approximate surface area is 125 Å². The lowest BCUT2D eigenvalue weighted by Crippen LogP contribution is -1.98. The van der Waals surface area contributed by atoms with Crippen LogP contribution in [0.3, 0.4) is 0 Å². The van der Waals surface area contributed by atoms with Gasteiger partial charge in [-0.05, 0) is 37.3 Å². The molecule has 2 aromatic rings. The van der Waals surface area contributed by atoms with Crippen molar-refractivity contribution in [2.75, 3.05) is 0 Å². The largest absolute Gasteiger partial charge is 0.282 e. The quantitative estimate of drug-likeness (QED) is 0.788. The second-order valence-corrected chi connectivity index (χ2v) is 6.68. The van der Waals surface area contributed by atoms with E-state index in [-0.39, 0.29) is 4.90 Å². The van der Waals surface area contributed by atoms with Crippen molar-refractivity contribution in [3.8, 4) is 0 Å². The van der Waals surface area contributed by atoms with Gasteiger partial charge in [0.2, 0.25) is 0 Å². The van der Waals surface area contributed by atoms with E-state index < -0.39 is 15.8 Å². The molecule has 0 saturated heterocycles. The average molecular weight is 356 g/mol. The molecule has 104 valence electrons. The second-order valence-electron chi connectivity index (χ2n) is 4.19. The lowest BCUT2D eigenvalue weighted by Gasteiger charge is -2.00. The maximum atomic E-state index is 13.1. The topological polar surface area (TPSA) is 46.5 Å². The third-order valence-electron chi connectivity index (χ3n) is 2.61. The number of rotatable bonds is 3. The predicted molar refractivity (Wildman–Crippen MR) is 80.1 cm³/mol. The molecule has 0 aliphatic heterocycles. The zero-order valence-electron chi connectivity index (χ0n) is 10.5. The van der Waals surface area contributed by atoms with Crippen molar-refractivity contribution < 1.29 is 12.8 Å². The summed E-state index contributed by atoms with van der Waals surface area (Å²) >= 11 is 3.21. The molecule has 0 amide bonds. The normalized spacial score (nSPS) is 11.9. The monoisotopic (exact) mass is 355 g/mol. The van der Waals surface area contributed by atoms with Gasteiger partial charge in [0.05, 0.1) is 4.90 Å². The molecular weight excluding hydrogens is 345 g/mol. The highest BCUT2D eigenvalue weighted by molar-refractivity contribution is 9.10. The Bertz CT molecular complexity index is 755. The van der Waals surface area contributed by atoms with Gasteiger partial charge < -0.3 is 0 Å². The molecule has 6 heteroatoms. The average Bonchev–Trinajstić information content (AvgIpc) is 2.40. The van der Waals surface area contributed by atoms with Crippen LogP contribution in [0, 0.1) is 12.7 Å². The number of benzene rings is 2. The Morgan fingerprint density at radius 3 is 2.45 bits per heavy atom. The summed E-state index contributed by atoms with van der Waals surface area (Å²) in [6, 6.07) is 10.3. The molecule has 3 nitrogen and oxygen atoms in total. The smallest absolute Gasteiger partial charge is 0.207 e. The van der Waals surface area contributed by atoms with Gasteiger partial charge in [-0.2, -0.15) is 12.8 Å². The van der Waals surface area contributed by atoms with Crippen molar-refractivity contribution in [3.05, 3.63) is 63.9 Å². The summed E-state index contributed by atoms with van der Waals surface area (Å²) in [5.74, 6) is -0.456. The van der Waals surface area contributed by atoms with Crippen molar-refractivity contribution in [1.29, 1.82) is 0 Å². The molecule has 0 bridgehead atoms. The fourth-order valence-electron chi connectivity index (χ4n) is 1.51. The third-order valence-corrected chi connectivity index (χ3v) is 4.58. The SMILES string of the molecule is Cc1ccc(S(=O)(=O)/N=C/c2cc(F)ccc2Br)cc1. The molecule has 0 N–H and O–H groups in total. The molecule has 0 saturated carbocycles. The second kappa shape index (κ2) is 5.85. The van der Waals surface area contributed by atoms with Crippen LogP contribution in [-0.2, 0) is 10.0 Å². The van der Waals surface area contributed by atoms with Gasteiger partial charge in [0, 0.05) is 16.3 Å². The summed E-state index contributed by atoms with van der Waals surface area (Å²) in [6.45, 7) is 1.86. The fourth-order valence-corrected chi connectivity index (χ4v) is 2.71. The van der Waals surface area contributed by atoms with Crippen molar-refractivity contribution in [1.82, 2.24) is 0 Å². The standard InChI is InChI=1S/C14H11BrFNO2S/c1-10-2-5-13(6-3-10)20(18,19)17-9-11-8-12(16)4-7-14(11)15/h2-9H,1H3/b17-9+. The molecule has 0 radical (unpaired) electrons. The number of sulfonamides is 1. The van der Waals surface area contributed by atoms with Gasteiger partial charge >= 0.3 is 0 Å². The summed E-state index contributed by atoms with van der Waals surface area (Å²) in [5.41, 5.74) is 1.32. The van der Waals surface area contributed by atoms with Crippen LogP contribution in [-0.4, -0.2) is 14.6 Å². The van der Waals surface area contributed by atoms with Gasteiger partial charge in [-0.1, -0.05) is 33.6 Å². The molecule has 0 fully saturated rings. The predicted octanol–water partition coefficient (Wildman–Crippen LogP) is 3.70. The number of nitrogens with zero attached hydrogens (tertiary/aromatic N) is 1. The van der Waals surface area contributed by atoms with Crippen molar-refractivity contribution >= 4 is 32.2 Å². The number of hydrogen-bond donors (Lipinski definition) is 0. The molecular formula is C14H11BrFNO2S. The Morgan fingerprint density at radius 1 is 1.15 bits per heavy atom. The van der Waals surface area contributed by atoms with Crippen molar-refractivity contribution in [3.63, 3.8) is 0 Å². The third kappa shape index (κ3) is 3.52. The van der Waals surface area contributed by atoms with Crippen LogP contribution >= 0.6 is 15.9 Å². The Morgan fingerprint density at radius 2 is 1.80 bits per heavy atom. The van der Waals surface area contributed by atoms with E-state index in [0.717, 1.165) is 11.8 Å². The van der Waals surface area contributed by atoms with Crippen LogP contribution < -0.4 is 0 Å². The first-order valence-corrected chi connectivity index (χ1v) is 7.94. The Hall–Kier alpha value is -1.53. The molecule has 0 aliphatic carbocycles. The van der Waals surface area contributed by atoms with Crippen LogP contribution in [0.1, 0.15) is 11.1 Å². The number of halogens is 2. The van der Waals surface area contributed by atoms with Gasteiger partial charge in [0.15, 0.2) is 0 Å². The summed E-state index contributed by atoms with van der Waals surface area (Å²) in [6.07, 6.45) is 1.13. The minimum absolute atomic E-state index is 0.104. The lowest BCUT2D eigenvalue weighted by molar-refractivity contribution is 0.598. The molecule has 2 aromatic carbocycles. The van der Waals surface area contributed by atoms with Gasteiger partial charge in [-0.25, -0.2) is 4.39 Å². The minimum Gasteiger partial charge on any atom is -0.207 e. The van der Waals surface area contributed by atoms with E-state index in [4.69, 9.17) is 0 Å². The summed E-state index contributed by atoms with van der Waals surface area (Å²) in [7, 11) is -3.78. The summed E-state index contributed by atoms with van der Waals surface area (Å²) < 4.78 is 41.3. The van der Waals surface area contributed by atoms with Crippen LogP contribution in [0.25, 0.3) is 0 Å². The first kappa shape index (κ1) is 14.9. The van der Waals surface area contributed by atoms with E-state index >= 15 is 0 Å². The molecule has 0 heterocycles. The van der Waals surface area contributed by atoms with E-state index in [1.807, 2.05) is 6.92 Å². The van der Waals surface area contributed by atoms with Crippen LogP contribution in [0.15, 0.2) is 56.2 Å². The van der Waals surface area contributed by atoms with Crippen LogP contribution in [0.2, 0.25) is 0 Å². The maximum absolute atomic E-state index is 13.1. The van der Waals surface area contributed by atoms with E-state index in [1.165, 1.54) is 30.3 Å². The highest BCUT2D eigenvalue weighted by Gasteiger charge is 2.11. The number of aryl methyl sites for hydroxylation is 1. The van der Waals surface area contributed by atoms with Gasteiger partial charge in [0.25, 0.3) is 10.0 Å². The molecule has 0 unspecified atom stereocenters. The molecule has 0 aliphatic rings. The molecule has 0 atom stereocenters. The molecule has 2 rings (SSSR count).